The van der Waals surface area contributed by atoms with Gasteiger partial charge < -0.3 is 9.64 Å². The van der Waals surface area contributed by atoms with Crippen molar-refractivity contribution in [3.63, 3.8) is 0 Å². The molecule has 2 heterocycles. The summed E-state index contributed by atoms with van der Waals surface area (Å²) in [6.07, 6.45) is 4.70. The fraction of sp³-hybridized carbons (Fsp3) is 0.583. The Morgan fingerprint density at radius 1 is 1.61 bits per heavy atom. The Balaban J connectivity index is 2.21. The van der Waals surface area contributed by atoms with Gasteiger partial charge in [-0.2, -0.15) is 5.10 Å². The molecule has 0 atom stereocenters. The number of nitrogens with one attached hydrogen (secondary N) is 1. The van der Waals surface area contributed by atoms with Gasteiger partial charge in [-0.25, -0.2) is 9.79 Å². The predicted octanol–water partition coefficient (Wildman–Crippen LogP) is 1.73. The summed E-state index contributed by atoms with van der Waals surface area (Å²) < 4.78 is 4.96. The fourth-order valence-electron chi connectivity index (χ4n) is 1.95. The summed E-state index contributed by atoms with van der Waals surface area (Å²) in [5, 5.41) is 6.61. The number of piperidine rings is 1. The number of H-pyrrole nitrogens is 1. The Morgan fingerprint density at radius 2 is 2.44 bits per heavy atom. The highest BCUT2D eigenvalue weighted by Crippen LogP contribution is 2.19. The highest BCUT2D eigenvalue weighted by molar-refractivity contribution is 5.95. The number of esters is 1. The van der Waals surface area contributed by atoms with Crippen molar-refractivity contribution in [3.8, 4) is 0 Å². The van der Waals surface area contributed by atoms with Crippen LogP contribution in [0, 0.1) is 0 Å². The Hall–Kier alpha value is -1.85. The van der Waals surface area contributed by atoms with Gasteiger partial charge in [-0.15, -0.1) is 0 Å². The molecule has 0 unspecified atom stereocenters. The summed E-state index contributed by atoms with van der Waals surface area (Å²) in [6, 6.07) is 0. The van der Waals surface area contributed by atoms with Crippen molar-refractivity contribution in [2.24, 2.45) is 4.99 Å². The topological polar surface area (TPSA) is 70.6 Å². The van der Waals surface area contributed by atoms with Gasteiger partial charge in [0.05, 0.1) is 12.8 Å². The van der Waals surface area contributed by atoms with Crippen LogP contribution < -0.4 is 0 Å². The third-order valence-electron chi connectivity index (χ3n) is 2.94. The van der Waals surface area contributed by atoms with Gasteiger partial charge in [0.2, 0.25) is 0 Å². The van der Waals surface area contributed by atoms with E-state index in [2.05, 4.69) is 20.1 Å². The molecule has 0 saturated carbocycles. The number of hydrogen-bond acceptors (Lipinski definition) is 4. The molecular weight excluding hydrogens is 232 g/mol. The van der Waals surface area contributed by atoms with Gasteiger partial charge in [-0.05, 0) is 19.8 Å². The van der Waals surface area contributed by atoms with Gasteiger partial charge in [0, 0.05) is 20.0 Å². The van der Waals surface area contributed by atoms with E-state index in [9.17, 15) is 4.79 Å². The number of nitrogens with zero attached hydrogens (tertiary/aromatic N) is 3. The molecule has 1 N–H and O–H groups in total. The van der Waals surface area contributed by atoms with Crippen molar-refractivity contribution in [1.82, 2.24) is 15.1 Å². The van der Waals surface area contributed by atoms with Crippen molar-refractivity contribution < 1.29 is 9.53 Å². The molecule has 0 spiro atoms. The summed E-state index contributed by atoms with van der Waals surface area (Å²) in [6.45, 7) is 3.13. The highest BCUT2D eigenvalue weighted by atomic mass is 16.5. The van der Waals surface area contributed by atoms with Gasteiger partial charge in [-0.3, -0.25) is 5.10 Å². The van der Waals surface area contributed by atoms with E-state index in [0.29, 0.717) is 18.0 Å². The van der Waals surface area contributed by atoms with E-state index in [1.165, 1.54) is 12.6 Å². The molecule has 6 heteroatoms. The number of aliphatic imine (C=N–C) groups is 1. The van der Waals surface area contributed by atoms with Gasteiger partial charge in [0.15, 0.2) is 5.82 Å². The Morgan fingerprint density at radius 3 is 3.17 bits per heavy atom. The molecule has 1 aliphatic heterocycles. The van der Waals surface area contributed by atoms with E-state index in [1.807, 2.05) is 7.05 Å². The zero-order valence-corrected chi connectivity index (χ0v) is 10.8. The minimum absolute atomic E-state index is 0.347. The Labute approximate surface area is 106 Å². The van der Waals surface area contributed by atoms with E-state index in [4.69, 9.17) is 4.74 Å². The molecule has 1 aromatic rings. The van der Waals surface area contributed by atoms with Crippen LogP contribution in [0.5, 0.6) is 0 Å². The molecule has 0 aromatic carbocycles. The summed E-state index contributed by atoms with van der Waals surface area (Å²) in [7, 11) is 2.01. The van der Waals surface area contributed by atoms with Crippen LogP contribution in [0.4, 0.5) is 5.82 Å². The van der Waals surface area contributed by atoms with E-state index < -0.39 is 0 Å². The first-order valence-corrected chi connectivity index (χ1v) is 6.21. The molecule has 18 heavy (non-hydrogen) atoms. The number of hydrogen-bond donors (Lipinski definition) is 1. The monoisotopic (exact) mass is 250 g/mol. The zero-order valence-electron chi connectivity index (χ0n) is 10.8. The summed E-state index contributed by atoms with van der Waals surface area (Å²) in [5.41, 5.74) is 0.392. The first-order chi connectivity index (χ1) is 8.72. The van der Waals surface area contributed by atoms with Crippen LogP contribution in [0.2, 0.25) is 0 Å². The second-order valence-corrected chi connectivity index (χ2v) is 4.26. The van der Waals surface area contributed by atoms with Crippen LogP contribution in [0.1, 0.15) is 36.5 Å². The standard InChI is InChI=1S/C12H18N4O2/c1-3-18-12(17)9-8-13-15-11(9)14-10-6-4-5-7-16(10)2/h8H,3-7H2,1-2H3,(H,13,15)/b14-10+. The average Bonchev–Trinajstić information content (AvgIpc) is 2.81. The Kier molecular flexibility index (Phi) is 3.96. The number of rotatable bonds is 3. The van der Waals surface area contributed by atoms with Gasteiger partial charge in [0.1, 0.15) is 11.4 Å². The summed E-state index contributed by atoms with van der Waals surface area (Å²) in [4.78, 5) is 18.3. The molecule has 0 amide bonds. The number of carbonyl (C=O) groups is 1. The number of aromatic nitrogens is 2. The lowest BCUT2D eigenvalue weighted by Crippen LogP contribution is -2.31. The van der Waals surface area contributed by atoms with Crippen molar-refractivity contribution in [2.45, 2.75) is 26.2 Å². The van der Waals surface area contributed by atoms with E-state index in [0.717, 1.165) is 25.2 Å². The van der Waals surface area contributed by atoms with Crippen molar-refractivity contribution in [2.75, 3.05) is 20.2 Å². The molecule has 1 fully saturated rings. The van der Waals surface area contributed by atoms with Crippen LogP contribution in [-0.4, -0.2) is 47.1 Å². The molecule has 98 valence electrons. The smallest absolute Gasteiger partial charge is 0.343 e. The molecule has 1 aliphatic rings. The van der Waals surface area contributed by atoms with Crippen LogP contribution in [0.3, 0.4) is 0 Å². The maximum Gasteiger partial charge on any atom is 0.343 e. The van der Waals surface area contributed by atoms with E-state index in [-0.39, 0.29) is 5.97 Å². The number of likely N-dealkylation sites (tertiary alicyclic amines) is 1. The lowest BCUT2D eigenvalue weighted by molar-refractivity contribution is 0.0527. The minimum atomic E-state index is -0.385. The van der Waals surface area contributed by atoms with Crippen LogP contribution in [0.25, 0.3) is 0 Å². The maximum atomic E-state index is 11.7. The van der Waals surface area contributed by atoms with Crippen LogP contribution in [-0.2, 0) is 4.74 Å². The second-order valence-electron chi connectivity index (χ2n) is 4.26. The average molecular weight is 250 g/mol. The molecule has 0 radical (unpaired) electrons. The zero-order chi connectivity index (χ0) is 13.0. The predicted molar refractivity (Wildman–Crippen MR) is 68.1 cm³/mol. The van der Waals surface area contributed by atoms with Gasteiger partial charge in [-0.1, -0.05) is 0 Å². The third kappa shape index (κ3) is 2.69. The van der Waals surface area contributed by atoms with E-state index in [1.54, 1.807) is 6.92 Å². The molecule has 1 saturated heterocycles. The van der Waals surface area contributed by atoms with Crippen molar-refractivity contribution >= 4 is 17.6 Å². The maximum absolute atomic E-state index is 11.7. The first-order valence-electron chi connectivity index (χ1n) is 6.21. The molecular formula is C12H18N4O2. The number of aromatic amines is 1. The number of carbonyl (C=O) groups excluding carboxylic acids is 1. The third-order valence-corrected chi connectivity index (χ3v) is 2.94. The molecule has 0 bridgehead atoms. The second kappa shape index (κ2) is 5.66. The number of ether oxygens (including phenoxy) is 1. The van der Waals surface area contributed by atoms with Gasteiger partial charge >= 0.3 is 5.97 Å². The molecule has 1 aromatic heterocycles. The van der Waals surface area contributed by atoms with Crippen LogP contribution >= 0.6 is 0 Å². The first kappa shape index (κ1) is 12.6. The lowest BCUT2D eigenvalue weighted by Gasteiger charge is -2.25. The number of amidine groups is 1. The molecule has 0 aliphatic carbocycles. The SMILES string of the molecule is CCOC(=O)c1cn[nH]c1/N=C1\CCCCN1C. The lowest BCUT2D eigenvalue weighted by atomic mass is 10.1. The minimum Gasteiger partial charge on any atom is -0.462 e. The normalized spacial score (nSPS) is 18.1. The highest BCUT2D eigenvalue weighted by Gasteiger charge is 2.17. The summed E-state index contributed by atoms with van der Waals surface area (Å²) in [5.74, 6) is 1.08. The fourth-order valence-corrected chi connectivity index (χ4v) is 1.95. The quantitative estimate of drug-likeness (QED) is 0.829. The largest absolute Gasteiger partial charge is 0.462 e. The molecule has 6 nitrogen and oxygen atoms in total. The van der Waals surface area contributed by atoms with Crippen molar-refractivity contribution in [1.29, 1.82) is 0 Å². The Bertz CT molecular complexity index is 453. The van der Waals surface area contributed by atoms with Gasteiger partial charge in [0.25, 0.3) is 0 Å². The van der Waals surface area contributed by atoms with E-state index >= 15 is 0 Å². The van der Waals surface area contributed by atoms with Crippen LogP contribution in [0.15, 0.2) is 11.2 Å². The summed E-state index contributed by atoms with van der Waals surface area (Å²) >= 11 is 0. The van der Waals surface area contributed by atoms with Crippen molar-refractivity contribution in [3.05, 3.63) is 11.8 Å². The molecule has 2 rings (SSSR count).